The Morgan fingerprint density at radius 2 is 2.06 bits per heavy atom. The van der Waals surface area contributed by atoms with E-state index in [0.29, 0.717) is 16.7 Å². The summed E-state index contributed by atoms with van der Waals surface area (Å²) < 4.78 is 24.0. The second-order valence-electron chi connectivity index (χ2n) is 4.58. The Morgan fingerprint density at radius 3 is 2.67 bits per heavy atom. The first-order chi connectivity index (χ1) is 8.44. The van der Waals surface area contributed by atoms with E-state index in [1.165, 1.54) is 5.41 Å². The van der Waals surface area contributed by atoms with Crippen LogP contribution in [0.3, 0.4) is 0 Å². The molecule has 0 bridgehead atoms. The number of nitrogens with two attached hydrogens (primary N) is 1. The van der Waals surface area contributed by atoms with Gasteiger partial charge in [-0.25, -0.2) is 8.42 Å². The van der Waals surface area contributed by atoms with Crippen LogP contribution in [0.1, 0.15) is 25.0 Å². The minimum atomic E-state index is -3.24. The van der Waals surface area contributed by atoms with Crippen LogP contribution in [0.2, 0.25) is 0 Å². The Morgan fingerprint density at radius 1 is 1.33 bits per heavy atom. The van der Waals surface area contributed by atoms with Crippen LogP contribution in [-0.4, -0.2) is 19.4 Å². The minimum Gasteiger partial charge on any atom is -0.326 e. The van der Waals surface area contributed by atoms with E-state index in [2.05, 4.69) is 13.8 Å². The van der Waals surface area contributed by atoms with Gasteiger partial charge in [0.25, 0.3) is 0 Å². The van der Waals surface area contributed by atoms with E-state index in [1.54, 1.807) is 23.9 Å². The normalized spacial score (nSPS) is 16.8. The zero-order valence-corrected chi connectivity index (χ0v) is 12.1. The minimum absolute atomic E-state index is 0.416. The molecule has 2 rings (SSSR count). The Kier molecular flexibility index (Phi) is 3.84. The smallest absolute Gasteiger partial charge is 0.200 e. The van der Waals surface area contributed by atoms with Gasteiger partial charge in [0.15, 0.2) is 0 Å². The maximum Gasteiger partial charge on any atom is 0.200 e. The summed E-state index contributed by atoms with van der Waals surface area (Å²) in [5.41, 5.74) is 8.28. The van der Waals surface area contributed by atoms with Gasteiger partial charge in [-0.15, -0.1) is 0 Å². The quantitative estimate of drug-likeness (QED) is 0.922. The fraction of sp³-hybridized carbons (Fsp3) is 0.385. The molecule has 0 radical (unpaired) electrons. The Hall–Kier alpha value is -0.780. The van der Waals surface area contributed by atoms with Gasteiger partial charge in [-0.1, -0.05) is 19.9 Å². The molecule has 2 N–H and O–H groups in total. The van der Waals surface area contributed by atoms with E-state index < -0.39 is 9.84 Å². The highest BCUT2D eigenvalue weighted by molar-refractivity contribution is 8.00. The predicted octanol–water partition coefficient (Wildman–Crippen LogP) is 2.42. The number of thioether (sulfide) groups is 1. The van der Waals surface area contributed by atoms with Crippen molar-refractivity contribution in [3.8, 4) is 0 Å². The molecule has 1 aromatic rings. The van der Waals surface area contributed by atoms with Crippen molar-refractivity contribution in [2.24, 2.45) is 5.73 Å². The van der Waals surface area contributed by atoms with Gasteiger partial charge in [0.2, 0.25) is 9.84 Å². The first kappa shape index (κ1) is 13.6. The Balaban J connectivity index is 2.41. The summed E-state index contributed by atoms with van der Waals surface area (Å²) in [4.78, 5) is 0.416. The maximum atomic E-state index is 12.0. The van der Waals surface area contributed by atoms with Crippen molar-refractivity contribution < 1.29 is 8.42 Å². The second-order valence-corrected chi connectivity index (χ2v) is 7.91. The first-order valence-corrected chi connectivity index (χ1v) is 8.44. The van der Waals surface area contributed by atoms with Crippen molar-refractivity contribution in [1.82, 2.24) is 0 Å². The number of rotatable bonds is 4. The van der Waals surface area contributed by atoms with E-state index in [1.807, 2.05) is 6.07 Å². The molecule has 0 spiro atoms. The molecule has 3 nitrogen and oxygen atoms in total. The van der Waals surface area contributed by atoms with Gasteiger partial charge in [0.05, 0.1) is 4.90 Å². The summed E-state index contributed by atoms with van der Waals surface area (Å²) in [6.45, 7) is 4.63. The number of hydrogen-bond donors (Lipinski definition) is 1. The number of sulfone groups is 1. The average molecular weight is 283 g/mol. The lowest BCUT2D eigenvalue weighted by atomic mass is 10.1. The molecule has 0 aromatic heterocycles. The zero-order valence-electron chi connectivity index (χ0n) is 10.5. The molecule has 0 atom stereocenters. The van der Waals surface area contributed by atoms with Gasteiger partial charge in [0, 0.05) is 17.7 Å². The van der Waals surface area contributed by atoms with E-state index >= 15 is 0 Å². The average Bonchev–Trinajstić information content (AvgIpc) is 2.58. The molecule has 1 aliphatic rings. The topological polar surface area (TPSA) is 60.2 Å². The third-order valence-electron chi connectivity index (χ3n) is 2.80. The van der Waals surface area contributed by atoms with Crippen LogP contribution in [-0.2, 0) is 16.4 Å². The van der Waals surface area contributed by atoms with E-state index in [0.717, 1.165) is 22.5 Å². The number of hydrogen-bond acceptors (Lipinski definition) is 4. The molecule has 18 heavy (non-hydrogen) atoms. The molecule has 0 saturated heterocycles. The van der Waals surface area contributed by atoms with Gasteiger partial charge >= 0.3 is 0 Å². The third kappa shape index (κ3) is 2.63. The number of fused-ring (bicyclic) bond motifs is 1. The highest BCUT2D eigenvalue weighted by atomic mass is 32.2. The molecule has 5 heteroatoms. The molecule has 1 heterocycles. The molecule has 0 fully saturated rings. The highest BCUT2D eigenvalue weighted by Crippen LogP contribution is 2.36. The molecular weight excluding hydrogens is 266 g/mol. The molecule has 0 aliphatic carbocycles. The van der Waals surface area contributed by atoms with Crippen molar-refractivity contribution in [3.63, 3.8) is 0 Å². The molecule has 0 saturated carbocycles. The van der Waals surface area contributed by atoms with Crippen molar-refractivity contribution in [1.29, 1.82) is 0 Å². The van der Waals surface area contributed by atoms with Crippen molar-refractivity contribution in [3.05, 3.63) is 34.7 Å². The Labute approximate surface area is 112 Å². The summed E-state index contributed by atoms with van der Waals surface area (Å²) in [5, 5.41) is 1.88. The van der Waals surface area contributed by atoms with Gasteiger partial charge in [0.1, 0.15) is 0 Å². The van der Waals surface area contributed by atoms with Crippen LogP contribution in [0.15, 0.2) is 28.5 Å². The summed E-state index contributed by atoms with van der Waals surface area (Å²) in [7, 11) is -3.24. The van der Waals surface area contributed by atoms with Crippen LogP contribution < -0.4 is 5.73 Å². The first-order valence-electron chi connectivity index (χ1n) is 5.84. The highest BCUT2D eigenvalue weighted by Gasteiger charge is 2.26. The lowest BCUT2D eigenvalue weighted by molar-refractivity contribution is 0.605. The van der Waals surface area contributed by atoms with Gasteiger partial charge in [-0.2, -0.15) is 11.8 Å². The fourth-order valence-corrected chi connectivity index (χ4v) is 4.21. The molecule has 1 aliphatic heterocycles. The monoisotopic (exact) mass is 283 g/mol. The van der Waals surface area contributed by atoms with Crippen molar-refractivity contribution in [2.75, 3.05) is 5.75 Å². The van der Waals surface area contributed by atoms with Crippen LogP contribution in [0.4, 0.5) is 0 Å². The van der Waals surface area contributed by atoms with Crippen molar-refractivity contribution in [2.45, 2.75) is 30.5 Å². The maximum absolute atomic E-state index is 12.0. The van der Waals surface area contributed by atoms with Gasteiger partial charge < -0.3 is 5.73 Å². The zero-order chi connectivity index (χ0) is 13.3. The molecule has 0 amide bonds. The molecule has 0 unspecified atom stereocenters. The summed E-state index contributed by atoms with van der Waals surface area (Å²) in [6, 6.07) is 5.34. The lowest BCUT2D eigenvalue weighted by Crippen LogP contribution is -2.00. The summed E-state index contributed by atoms with van der Waals surface area (Å²) in [5.74, 6) is 0.720. The summed E-state index contributed by atoms with van der Waals surface area (Å²) >= 11 is 1.74. The molecule has 98 valence electrons. The SMILES string of the molecule is CC(C)SCC1=CS(=O)(=O)c2ccc(CN)cc21. The van der Waals surface area contributed by atoms with Crippen LogP contribution >= 0.6 is 11.8 Å². The Bertz CT molecular complexity index is 589. The molecular formula is C13H17NO2S2. The van der Waals surface area contributed by atoms with E-state index in [9.17, 15) is 8.42 Å². The van der Waals surface area contributed by atoms with Gasteiger partial charge in [-0.05, 0) is 34.1 Å². The number of benzene rings is 1. The lowest BCUT2D eigenvalue weighted by Gasteiger charge is -2.08. The van der Waals surface area contributed by atoms with Crippen molar-refractivity contribution >= 4 is 27.2 Å². The van der Waals surface area contributed by atoms with E-state index in [4.69, 9.17) is 5.73 Å². The molecule has 1 aromatic carbocycles. The van der Waals surface area contributed by atoms with E-state index in [-0.39, 0.29) is 0 Å². The standard InChI is InChI=1S/C13H17NO2S2/c1-9(2)17-7-11-8-18(15,16)13-4-3-10(6-14)5-12(11)13/h3-5,8-9H,6-7,14H2,1-2H3. The summed E-state index contributed by atoms with van der Waals surface area (Å²) in [6.07, 6.45) is 0. The largest absolute Gasteiger partial charge is 0.326 e. The van der Waals surface area contributed by atoms with Gasteiger partial charge in [-0.3, -0.25) is 0 Å². The third-order valence-corrected chi connectivity index (χ3v) is 5.51. The second kappa shape index (κ2) is 5.07. The van der Waals surface area contributed by atoms with Crippen LogP contribution in [0.25, 0.3) is 5.57 Å². The predicted molar refractivity (Wildman–Crippen MR) is 77.1 cm³/mol. The fourth-order valence-electron chi connectivity index (χ4n) is 1.89. The van der Waals surface area contributed by atoms with Crippen LogP contribution in [0.5, 0.6) is 0 Å². The van der Waals surface area contributed by atoms with Crippen LogP contribution in [0, 0.1) is 0 Å².